The molecule has 1 unspecified atom stereocenters. The van der Waals surface area contributed by atoms with Gasteiger partial charge in [0.05, 0.1) is 5.01 Å². The van der Waals surface area contributed by atoms with Crippen LogP contribution in [0.2, 0.25) is 0 Å². The molecule has 2 rings (SSSR count). The maximum atomic E-state index is 5.38. The van der Waals surface area contributed by atoms with E-state index in [9.17, 15) is 0 Å². The molecular weight excluding hydrogens is 220 g/mol. The van der Waals surface area contributed by atoms with Gasteiger partial charge in [-0.2, -0.15) is 0 Å². The standard InChI is InChI=1S/C12H20N2OS/c1-13-5-2-3-11-8-14-12(16-11)7-10-4-6-15-9-10/h8,10,13H,2-7,9H2,1H3. The summed E-state index contributed by atoms with van der Waals surface area (Å²) in [5.74, 6) is 0.705. The van der Waals surface area contributed by atoms with E-state index < -0.39 is 0 Å². The highest BCUT2D eigenvalue weighted by Gasteiger charge is 2.17. The highest BCUT2D eigenvalue weighted by Crippen LogP contribution is 2.22. The third-order valence-electron chi connectivity index (χ3n) is 2.94. The molecule has 1 N–H and O–H groups in total. The predicted octanol–water partition coefficient (Wildman–Crippen LogP) is 1.87. The maximum Gasteiger partial charge on any atom is 0.0931 e. The van der Waals surface area contributed by atoms with Gasteiger partial charge in [0, 0.05) is 30.7 Å². The molecule has 3 nitrogen and oxygen atoms in total. The third-order valence-corrected chi connectivity index (χ3v) is 4.02. The van der Waals surface area contributed by atoms with Gasteiger partial charge < -0.3 is 10.1 Å². The van der Waals surface area contributed by atoms with Crippen molar-refractivity contribution in [2.75, 3.05) is 26.8 Å². The van der Waals surface area contributed by atoms with Gasteiger partial charge in [-0.05, 0) is 38.8 Å². The number of hydrogen-bond donors (Lipinski definition) is 1. The first-order valence-corrected chi connectivity index (χ1v) is 6.86. The summed E-state index contributed by atoms with van der Waals surface area (Å²) in [6.07, 6.45) is 6.71. The van der Waals surface area contributed by atoms with Gasteiger partial charge in [0.1, 0.15) is 0 Å². The Morgan fingerprint density at radius 1 is 1.62 bits per heavy atom. The van der Waals surface area contributed by atoms with E-state index in [0.717, 1.165) is 32.6 Å². The maximum absolute atomic E-state index is 5.38. The number of hydrogen-bond acceptors (Lipinski definition) is 4. The van der Waals surface area contributed by atoms with Crippen LogP contribution in [0.5, 0.6) is 0 Å². The van der Waals surface area contributed by atoms with Gasteiger partial charge >= 0.3 is 0 Å². The highest BCUT2D eigenvalue weighted by atomic mass is 32.1. The molecule has 0 saturated carbocycles. The van der Waals surface area contributed by atoms with Gasteiger partial charge in [0.15, 0.2) is 0 Å². The summed E-state index contributed by atoms with van der Waals surface area (Å²) in [4.78, 5) is 5.92. The Kier molecular flexibility index (Phi) is 4.75. The summed E-state index contributed by atoms with van der Waals surface area (Å²) < 4.78 is 5.38. The minimum Gasteiger partial charge on any atom is -0.381 e. The molecule has 2 heterocycles. The van der Waals surface area contributed by atoms with Crippen LogP contribution < -0.4 is 5.32 Å². The van der Waals surface area contributed by atoms with Crippen molar-refractivity contribution < 1.29 is 4.74 Å². The molecule has 0 spiro atoms. The van der Waals surface area contributed by atoms with Crippen molar-refractivity contribution in [3.05, 3.63) is 16.1 Å². The van der Waals surface area contributed by atoms with Crippen molar-refractivity contribution in [2.45, 2.75) is 25.7 Å². The largest absolute Gasteiger partial charge is 0.381 e. The van der Waals surface area contributed by atoms with Crippen LogP contribution in [-0.4, -0.2) is 31.8 Å². The summed E-state index contributed by atoms with van der Waals surface area (Å²) in [5.41, 5.74) is 0. The summed E-state index contributed by atoms with van der Waals surface area (Å²) >= 11 is 1.88. The van der Waals surface area contributed by atoms with Crippen LogP contribution in [0.15, 0.2) is 6.20 Å². The van der Waals surface area contributed by atoms with Crippen molar-refractivity contribution in [3.8, 4) is 0 Å². The molecule has 1 fully saturated rings. The fourth-order valence-electron chi connectivity index (χ4n) is 1.99. The lowest BCUT2D eigenvalue weighted by Crippen LogP contribution is -2.07. The number of rotatable bonds is 6. The Labute approximate surface area is 101 Å². The van der Waals surface area contributed by atoms with E-state index in [1.165, 1.54) is 22.7 Å². The van der Waals surface area contributed by atoms with Crippen LogP contribution in [0, 0.1) is 5.92 Å². The molecular formula is C12H20N2OS. The molecule has 90 valence electrons. The smallest absolute Gasteiger partial charge is 0.0931 e. The van der Waals surface area contributed by atoms with E-state index >= 15 is 0 Å². The Hall–Kier alpha value is -0.450. The fraction of sp³-hybridized carbons (Fsp3) is 0.750. The van der Waals surface area contributed by atoms with Crippen LogP contribution in [-0.2, 0) is 17.6 Å². The lowest BCUT2D eigenvalue weighted by Gasteiger charge is -2.02. The normalized spacial score (nSPS) is 20.4. The van der Waals surface area contributed by atoms with Gasteiger partial charge in [0.25, 0.3) is 0 Å². The Bertz CT molecular complexity index is 308. The Morgan fingerprint density at radius 3 is 3.31 bits per heavy atom. The molecule has 0 amide bonds. The topological polar surface area (TPSA) is 34.2 Å². The molecule has 0 aliphatic carbocycles. The minimum absolute atomic E-state index is 0.705. The Morgan fingerprint density at radius 2 is 2.56 bits per heavy atom. The predicted molar refractivity (Wildman–Crippen MR) is 67.0 cm³/mol. The lowest BCUT2D eigenvalue weighted by atomic mass is 10.1. The van der Waals surface area contributed by atoms with E-state index in [0.29, 0.717) is 5.92 Å². The first-order chi connectivity index (χ1) is 7.88. The highest BCUT2D eigenvalue weighted by molar-refractivity contribution is 7.11. The molecule has 1 aromatic heterocycles. The zero-order valence-corrected chi connectivity index (χ0v) is 10.7. The van der Waals surface area contributed by atoms with Crippen molar-refractivity contribution in [1.82, 2.24) is 10.3 Å². The summed E-state index contributed by atoms with van der Waals surface area (Å²) in [7, 11) is 2.00. The summed E-state index contributed by atoms with van der Waals surface area (Å²) in [5, 5.41) is 4.46. The average molecular weight is 240 g/mol. The van der Waals surface area contributed by atoms with Gasteiger partial charge in [-0.25, -0.2) is 4.98 Å². The van der Waals surface area contributed by atoms with Crippen LogP contribution in [0.1, 0.15) is 22.7 Å². The van der Waals surface area contributed by atoms with Crippen molar-refractivity contribution >= 4 is 11.3 Å². The second-order valence-electron chi connectivity index (χ2n) is 4.36. The molecule has 1 aliphatic rings. The quantitative estimate of drug-likeness (QED) is 0.771. The molecule has 16 heavy (non-hydrogen) atoms. The minimum atomic E-state index is 0.705. The molecule has 1 aromatic rings. The molecule has 1 atom stereocenters. The second-order valence-corrected chi connectivity index (χ2v) is 5.56. The van der Waals surface area contributed by atoms with Crippen LogP contribution in [0.4, 0.5) is 0 Å². The number of aromatic nitrogens is 1. The van der Waals surface area contributed by atoms with Crippen LogP contribution in [0.25, 0.3) is 0 Å². The lowest BCUT2D eigenvalue weighted by molar-refractivity contribution is 0.186. The molecule has 0 bridgehead atoms. The first-order valence-electron chi connectivity index (χ1n) is 6.04. The van der Waals surface area contributed by atoms with E-state index in [4.69, 9.17) is 4.74 Å². The van der Waals surface area contributed by atoms with E-state index in [1.54, 1.807) is 0 Å². The van der Waals surface area contributed by atoms with Crippen LogP contribution >= 0.6 is 11.3 Å². The summed E-state index contributed by atoms with van der Waals surface area (Å²) in [6, 6.07) is 0. The zero-order valence-electron chi connectivity index (χ0n) is 9.87. The molecule has 4 heteroatoms. The SMILES string of the molecule is CNCCCc1cnc(CC2CCOC2)s1. The Balaban J connectivity index is 1.77. The van der Waals surface area contributed by atoms with Gasteiger partial charge in [-0.3, -0.25) is 0 Å². The number of aryl methyl sites for hydroxylation is 1. The van der Waals surface area contributed by atoms with E-state index in [-0.39, 0.29) is 0 Å². The number of thiazole rings is 1. The fourth-order valence-corrected chi connectivity index (χ4v) is 3.07. The number of nitrogens with one attached hydrogen (secondary N) is 1. The monoisotopic (exact) mass is 240 g/mol. The number of nitrogens with zero attached hydrogens (tertiary/aromatic N) is 1. The van der Waals surface area contributed by atoms with Crippen molar-refractivity contribution in [3.63, 3.8) is 0 Å². The number of ether oxygens (including phenoxy) is 1. The van der Waals surface area contributed by atoms with E-state index in [2.05, 4.69) is 10.3 Å². The second kappa shape index (κ2) is 6.33. The van der Waals surface area contributed by atoms with Gasteiger partial charge in [-0.15, -0.1) is 11.3 Å². The van der Waals surface area contributed by atoms with Gasteiger partial charge in [-0.1, -0.05) is 0 Å². The summed E-state index contributed by atoms with van der Waals surface area (Å²) in [6.45, 7) is 2.95. The van der Waals surface area contributed by atoms with Crippen molar-refractivity contribution in [1.29, 1.82) is 0 Å². The van der Waals surface area contributed by atoms with E-state index in [1.807, 2.05) is 24.6 Å². The zero-order chi connectivity index (χ0) is 11.2. The molecule has 0 radical (unpaired) electrons. The van der Waals surface area contributed by atoms with Crippen molar-refractivity contribution in [2.24, 2.45) is 5.92 Å². The van der Waals surface area contributed by atoms with Crippen LogP contribution in [0.3, 0.4) is 0 Å². The molecule has 1 aliphatic heterocycles. The molecule has 1 saturated heterocycles. The first kappa shape index (κ1) is 12.0. The molecule has 0 aromatic carbocycles. The average Bonchev–Trinajstić information content (AvgIpc) is 2.91. The third kappa shape index (κ3) is 3.54. The van der Waals surface area contributed by atoms with Gasteiger partial charge in [0.2, 0.25) is 0 Å².